The molecule has 2 rings (SSSR count). The second-order valence-electron chi connectivity index (χ2n) is 4.68. The number of hydrogen-bond donors (Lipinski definition) is 1. The molecule has 1 N–H and O–H groups in total. The van der Waals surface area contributed by atoms with Gasteiger partial charge in [0.1, 0.15) is 0 Å². The summed E-state index contributed by atoms with van der Waals surface area (Å²) in [5.74, 6) is 0.193. The van der Waals surface area contributed by atoms with Crippen molar-refractivity contribution in [2.75, 3.05) is 13.7 Å². The lowest BCUT2D eigenvalue weighted by molar-refractivity contribution is -0.146. The van der Waals surface area contributed by atoms with Crippen LogP contribution in [-0.2, 0) is 14.3 Å². The fourth-order valence-corrected chi connectivity index (χ4v) is 2.23. The second kappa shape index (κ2) is 8.48. The zero-order valence-electron chi connectivity index (χ0n) is 10.7. The molecule has 0 aromatic rings. The van der Waals surface area contributed by atoms with E-state index in [0.717, 1.165) is 38.7 Å². The number of carbonyl (C=O) groups excluding carboxylic acids is 1. The smallest absolute Gasteiger partial charge is 0.308 e. The number of ether oxygens (including phenoxy) is 2. The molecule has 2 aliphatic rings. The highest BCUT2D eigenvalue weighted by Crippen LogP contribution is 2.24. The van der Waals surface area contributed by atoms with Crippen molar-refractivity contribution in [1.82, 2.24) is 0 Å². The molecule has 0 spiro atoms. The molecular formula is C13H24O4. The molecule has 0 bridgehead atoms. The summed E-state index contributed by atoms with van der Waals surface area (Å²) in [6.45, 7) is 0.737. The predicted molar refractivity (Wildman–Crippen MR) is 64.4 cm³/mol. The number of carbonyl (C=O) groups is 1. The summed E-state index contributed by atoms with van der Waals surface area (Å²) in [5.41, 5.74) is 0. The Labute approximate surface area is 103 Å². The van der Waals surface area contributed by atoms with E-state index < -0.39 is 6.29 Å². The largest absolute Gasteiger partial charge is 0.469 e. The van der Waals surface area contributed by atoms with Gasteiger partial charge in [0, 0.05) is 6.61 Å². The minimum absolute atomic E-state index is 0.0142. The molecule has 2 fully saturated rings. The maximum atomic E-state index is 10.9. The SMILES string of the molecule is COC(=O)C1CCCCC1.OC1CCCCO1. The van der Waals surface area contributed by atoms with Crippen LogP contribution in [0.3, 0.4) is 0 Å². The van der Waals surface area contributed by atoms with E-state index in [1.165, 1.54) is 26.4 Å². The monoisotopic (exact) mass is 244 g/mol. The van der Waals surface area contributed by atoms with Crippen LogP contribution < -0.4 is 0 Å². The Kier molecular flexibility index (Phi) is 7.21. The lowest BCUT2D eigenvalue weighted by atomic mass is 9.89. The quantitative estimate of drug-likeness (QED) is 0.719. The summed E-state index contributed by atoms with van der Waals surface area (Å²) in [4.78, 5) is 10.9. The predicted octanol–water partition coefficient (Wildman–Crippen LogP) is 2.25. The molecule has 0 aromatic heterocycles. The van der Waals surface area contributed by atoms with Gasteiger partial charge in [0.15, 0.2) is 6.29 Å². The fourth-order valence-electron chi connectivity index (χ4n) is 2.23. The first-order chi connectivity index (χ1) is 8.24. The number of rotatable bonds is 1. The lowest BCUT2D eigenvalue weighted by Gasteiger charge is -2.18. The molecule has 1 unspecified atom stereocenters. The molecule has 1 saturated heterocycles. The Balaban J connectivity index is 0.000000181. The van der Waals surface area contributed by atoms with Gasteiger partial charge >= 0.3 is 5.97 Å². The Morgan fingerprint density at radius 1 is 1.12 bits per heavy atom. The number of aliphatic hydroxyl groups is 1. The van der Waals surface area contributed by atoms with Gasteiger partial charge in [0.2, 0.25) is 0 Å². The zero-order chi connectivity index (χ0) is 12.5. The van der Waals surface area contributed by atoms with E-state index >= 15 is 0 Å². The molecule has 4 heteroatoms. The third-order valence-electron chi connectivity index (χ3n) is 3.30. The fraction of sp³-hybridized carbons (Fsp3) is 0.923. The van der Waals surface area contributed by atoms with Crippen molar-refractivity contribution in [3.05, 3.63) is 0 Å². The number of aliphatic hydroxyl groups excluding tert-OH is 1. The van der Waals surface area contributed by atoms with E-state index in [2.05, 4.69) is 4.74 Å². The number of hydrogen-bond acceptors (Lipinski definition) is 4. The van der Waals surface area contributed by atoms with Gasteiger partial charge in [-0.25, -0.2) is 0 Å². The van der Waals surface area contributed by atoms with Crippen LogP contribution in [0.2, 0.25) is 0 Å². The van der Waals surface area contributed by atoms with Gasteiger partial charge in [-0.3, -0.25) is 4.79 Å². The van der Waals surface area contributed by atoms with Crippen LogP contribution in [0.4, 0.5) is 0 Å². The van der Waals surface area contributed by atoms with Crippen LogP contribution in [0, 0.1) is 5.92 Å². The van der Waals surface area contributed by atoms with E-state index in [0.29, 0.717) is 0 Å². The molecule has 1 aliphatic carbocycles. The third kappa shape index (κ3) is 6.03. The average molecular weight is 244 g/mol. The second-order valence-corrected chi connectivity index (χ2v) is 4.68. The van der Waals surface area contributed by atoms with E-state index in [-0.39, 0.29) is 11.9 Å². The summed E-state index contributed by atoms with van der Waals surface area (Å²) >= 11 is 0. The van der Waals surface area contributed by atoms with Crippen LogP contribution in [0.5, 0.6) is 0 Å². The van der Waals surface area contributed by atoms with Gasteiger partial charge in [-0.15, -0.1) is 0 Å². The highest BCUT2D eigenvalue weighted by atomic mass is 16.6. The van der Waals surface area contributed by atoms with Gasteiger partial charge in [-0.05, 0) is 32.1 Å². The average Bonchev–Trinajstić information content (AvgIpc) is 2.40. The van der Waals surface area contributed by atoms with Crippen molar-refractivity contribution in [1.29, 1.82) is 0 Å². The lowest BCUT2D eigenvalue weighted by Crippen LogP contribution is -2.18. The molecule has 100 valence electrons. The van der Waals surface area contributed by atoms with Gasteiger partial charge in [0.25, 0.3) is 0 Å². The number of methoxy groups -OCH3 is 1. The van der Waals surface area contributed by atoms with E-state index in [1.807, 2.05) is 0 Å². The van der Waals surface area contributed by atoms with Gasteiger partial charge in [-0.2, -0.15) is 0 Å². The number of esters is 1. The zero-order valence-corrected chi connectivity index (χ0v) is 10.7. The van der Waals surface area contributed by atoms with Gasteiger partial charge in [0.05, 0.1) is 13.0 Å². The normalized spacial score (nSPS) is 25.6. The van der Waals surface area contributed by atoms with E-state index in [1.54, 1.807) is 0 Å². The molecule has 0 amide bonds. The molecule has 17 heavy (non-hydrogen) atoms. The van der Waals surface area contributed by atoms with E-state index in [9.17, 15) is 4.79 Å². The Morgan fingerprint density at radius 2 is 1.76 bits per heavy atom. The summed E-state index contributed by atoms with van der Waals surface area (Å²) < 4.78 is 9.48. The molecular weight excluding hydrogens is 220 g/mol. The first kappa shape index (κ1) is 14.5. The molecule has 4 nitrogen and oxygen atoms in total. The van der Waals surface area contributed by atoms with Crippen molar-refractivity contribution in [3.8, 4) is 0 Å². The van der Waals surface area contributed by atoms with Gasteiger partial charge < -0.3 is 14.6 Å². The van der Waals surface area contributed by atoms with Crippen molar-refractivity contribution in [2.45, 2.75) is 57.7 Å². The van der Waals surface area contributed by atoms with Crippen molar-refractivity contribution < 1.29 is 19.4 Å². The van der Waals surface area contributed by atoms with Crippen molar-refractivity contribution >= 4 is 5.97 Å². The molecule has 1 saturated carbocycles. The Hall–Kier alpha value is -0.610. The molecule has 1 atom stereocenters. The maximum Gasteiger partial charge on any atom is 0.308 e. The summed E-state index contributed by atoms with van der Waals surface area (Å²) in [7, 11) is 1.47. The Morgan fingerprint density at radius 3 is 2.18 bits per heavy atom. The topological polar surface area (TPSA) is 55.8 Å². The summed E-state index contributed by atoms with van der Waals surface area (Å²) in [6.07, 6.45) is 8.32. The standard InChI is InChI=1S/C8H14O2.C5H10O2/c1-10-8(9)7-5-3-2-4-6-7;6-5-3-1-2-4-7-5/h7H,2-6H2,1H3;5-6H,1-4H2. The third-order valence-corrected chi connectivity index (χ3v) is 3.30. The van der Waals surface area contributed by atoms with Gasteiger partial charge in [-0.1, -0.05) is 19.3 Å². The summed E-state index contributed by atoms with van der Waals surface area (Å²) in [5, 5.41) is 8.69. The minimum atomic E-state index is -0.464. The molecule has 1 heterocycles. The van der Waals surface area contributed by atoms with Crippen molar-refractivity contribution in [2.24, 2.45) is 5.92 Å². The highest BCUT2D eigenvalue weighted by Gasteiger charge is 2.20. The van der Waals surface area contributed by atoms with Crippen LogP contribution in [0.15, 0.2) is 0 Å². The van der Waals surface area contributed by atoms with Crippen LogP contribution >= 0.6 is 0 Å². The van der Waals surface area contributed by atoms with Crippen molar-refractivity contribution in [3.63, 3.8) is 0 Å². The Bertz CT molecular complexity index is 205. The maximum absolute atomic E-state index is 10.9. The highest BCUT2D eigenvalue weighted by molar-refractivity contribution is 5.72. The van der Waals surface area contributed by atoms with E-state index in [4.69, 9.17) is 9.84 Å². The van der Waals surface area contributed by atoms with Crippen LogP contribution in [0.1, 0.15) is 51.4 Å². The summed E-state index contributed by atoms with van der Waals surface area (Å²) in [6, 6.07) is 0. The van der Waals surface area contributed by atoms with Crippen LogP contribution in [0.25, 0.3) is 0 Å². The molecule has 0 radical (unpaired) electrons. The van der Waals surface area contributed by atoms with Crippen LogP contribution in [-0.4, -0.2) is 31.1 Å². The first-order valence-corrected chi connectivity index (χ1v) is 6.61. The first-order valence-electron chi connectivity index (χ1n) is 6.61. The molecule has 1 aliphatic heterocycles. The minimum Gasteiger partial charge on any atom is -0.469 e. The molecule has 0 aromatic carbocycles.